The summed E-state index contributed by atoms with van der Waals surface area (Å²) in [5, 5.41) is 3.85. The minimum Gasteiger partial charge on any atom is -0.454 e. The molecule has 0 aliphatic carbocycles. The van der Waals surface area contributed by atoms with E-state index in [9.17, 15) is 4.79 Å². The monoisotopic (exact) mass is 443 g/mol. The van der Waals surface area contributed by atoms with E-state index < -0.39 is 0 Å². The average molecular weight is 444 g/mol. The Morgan fingerprint density at radius 1 is 1.00 bits per heavy atom. The first-order valence-corrected chi connectivity index (χ1v) is 11.4. The SMILES string of the molecule is CCc1ccc(Cl)c(CC)c1NC(=O)CN1CCN(Cc2ccc3c(c2)OCO3)CC1. The van der Waals surface area contributed by atoms with Gasteiger partial charge in [0.15, 0.2) is 11.5 Å². The number of fused-ring (bicyclic) bond motifs is 1. The summed E-state index contributed by atoms with van der Waals surface area (Å²) >= 11 is 6.37. The topological polar surface area (TPSA) is 54.0 Å². The lowest BCUT2D eigenvalue weighted by Gasteiger charge is -2.34. The van der Waals surface area contributed by atoms with Crippen LogP contribution in [-0.4, -0.2) is 55.2 Å². The highest BCUT2D eigenvalue weighted by Crippen LogP contribution is 2.33. The number of nitrogens with zero attached hydrogens (tertiary/aromatic N) is 2. The number of hydrogen-bond donors (Lipinski definition) is 1. The van der Waals surface area contributed by atoms with Crippen LogP contribution in [0.25, 0.3) is 0 Å². The average Bonchev–Trinajstić information content (AvgIpc) is 3.23. The number of anilines is 1. The zero-order chi connectivity index (χ0) is 21.8. The summed E-state index contributed by atoms with van der Waals surface area (Å²) in [5.74, 6) is 1.67. The van der Waals surface area contributed by atoms with E-state index in [2.05, 4.69) is 41.1 Å². The van der Waals surface area contributed by atoms with Crippen molar-refractivity contribution in [3.8, 4) is 11.5 Å². The van der Waals surface area contributed by atoms with E-state index in [1.54, 1.807) is 0 Å². The number of aryl methyl sites for hydroxylation is 1. The molecule has 4 rings (SSSR count). The predicted octanol–water partition coefficient (Wildman–Crippen LogP) is 3.95. The van der Waals surface area contributed by atoms with Crippen LogP contribution in [0.4, 0.5) is 5.69 Å². The molecule has 0 radical (unpaired) electrons. The number of hydrogen-bond acceptors (Lipinski definition) is 5. The first-order chi connectivity index (χ1) is 15.1. The summed E-state index contributed by atoms with van der Waals surface area (Å²) in [7, 11) is 0. The van der Waals surface area contributed by atoms with Gasteiger partial charge in [0.2, 0.25) is 12.7 Å². The molecule has 0 unspecified atom stereocenters. The quantitative estimate of drug-likeness (QED) is 0.702. The lowest BCUT2D eigenvalue weighted by Crippen LogP contribution is -2.48. The molecule has 6 nitrogen and oxygen atoms in total. The summed E-state index contributed by atoms with van der Waals surface area (Å²) in [4.78, 5) is 17.4. The first-order valence-electron chi connectivity index (χ1n) is 11.0. The number of nitrogens with one attached hydrogen (secondary N) is 1. The molecule has 0 saturated carbocycles. The summed E-state index contributed by atoms with van der Waals surface area (Å²) in [6, 6.07) is 10.1. The molecule has 0 aromatic heterocycles. The Kier molecular flexibility index (Phi) is 7.00. The van der Waals surface area contributed by atoms with E-state index in [1.165, 1.54) is 5.56 Å². The Balaban J connectivity index is 1.29. The number of piperazine rings is 1. The lowest BCUT2D eigenvalue weighted by atomic mass is 10.0. The Morgan fingerprint density at radius 2 is 1.74 bits per heavy atom. The number of benzene rings is 2. The molecule has 7 heteroatoms. The fourth-order valence-electron chi connectivity index (χ4n) is 4.25. The molecule has 2 aliphatic rings. The number of amides is 1. The van der Waals surface area contributed by atoms with Gasteiger partial charge in [-0.15, -0.1) is 0 Å². The predicted molar refractivity (Wildman–Crippen MR) is 123 cm³/mol. The van der Waals surface area contributed by atoms with Crippen LogP contribution in [0, 0.1) is 0 Å². The maximum atomic E-state index is 12.8. The summed E-state index contributed by atoms with van der Waals surface area (Å²) in [6.45, 7) is 9.33. The van der Waals surface area contributed by atoms with Crippen LogP contribution in [0.5, 0.6) is 11.5 Å². The number of halogens is 1. The van der Waals surface area contributed by atoms with Crippen molar-refractivity contribution in [1.82, 2.24) is 9.80 Å². The Hall–Kier alpha value is -2.28. The minimum atomic E-state index is 0.0240. The molecule has 0 spiro atoms. The third-order valence-corrected chi connectivity index (χ3v) is 6.37. The molecular formula is C24H30ClN3O3. The number of ether oxygens (including phenoxy) is 2. The number of carbonyl (C=O) groups is 1. The largest absolute Gasteiger partial charge is 0.454 e. The third kappa shape index (κ3) is 5.14. The molecule has 2 aromatic rings. The molecule has 166 valence electrons. The normalized spacial score (nSPS) is 16.5. The van der Waals surface area contributed by atoms with E-state index in [0.717, 1.165) is 73.9 Å². The van der Waals surface area contributed by atoms with Crippen LogP contribution in [0.15, 0.2) is 30.3 Å². The van der Waals surface area contributed by atoms with E-state index >= 15 is 0 Å². The molecule has 2 aromatic carbocycles. The van der Waals surface area contributed by atoms with Crippen molar-refractivity contribution in [3.05, 3.63) is 52.0 Å². The molecule has 2 aliphatic heterocycles. The summed E-state index contributed by atoms with van der Waals surface area (Å²) in [6.07, 6.45) is 1.65. The second-order valence-electron chi connectivity index (χ2n) is 8.06. The second-order valence-corrected chi connectivity index (χ2v) is 8.46. The molecule has 0 atom stereocenters. The zero-order valence-corrected chi connectivity index (χ0v) is 19.0. The number of rotatable bonds is 7. The molecule has 2 heterocycles. The fraction of sp³-hybridized carbons (Fsp3) is 0.458. The highest BCUT2D eigenvalue weighted by molar-refractivity contribution is 6.32. The summed E-state index contributed by atoms with van der Waals surface area (Å²) < 4.78 is 10.9. The highest BCUT2D eigenvalue weighted by Gasteiger charge is 2.21. The molecular weight excluding hydrogens is 414 g/mol. The van der Waals surface area contributed by atoms with Crippen molar-refractivity contribution in [2.24, 2.45) is 0 Å². The van der Waals surface area contributed by atoms with Crippen LogP contribution >= 0.6 is 11.6 Å². The van der Waals surface area contributed by atoms with E-state index in [-0.39, 0.29) is 5.91 Å². The van der Waals surface area contributed by atoms with Crippen LogP contribution < -0.4 is 14.8 Å². The maximum absolute atomic E-state index is 12.8. The first kappa shape index (κ1) is 21.9. The van der Waals surface area contributed by atoms with Gasteiger partial charge in [-0.1, -0.05) is 37.6 Å². The van der Waals surface area contributed by atoms with Gasteiger partial charge in [0.05, 0.1) is 6.54 Å². The maximum Gasteiger partial charge on any atom is 0.238 e. The van der Waals surface area contributed by atoms with E-state index in [1.807, 2.05) is 18.2 Å². The zero-order valence-electron chi connectivity index (χ0n) is 18.2. The third-order valence-electron chi connectivity index (χ3n) is 6.02. The van der Waals surface area contributed by atoms with E-state index in [0.29, 0.717) is 18.4 Å². The van der Waals surface area contributed by atoms with E-state index in [4.69, 9.17) is 21.1 Å². The van der Waals surface area contributed by atoms with Gasteiger partial charge in [0, 0.05) is 43.4 Å². The molecule has 0 bridgehead atoms. The van der Waals surface area contributed by atoms with Crippen molar-refractivity contribution in [1.29, 1.82) is 0 Å². The van der Waals surface area contributed by atoms with Crippen LogP contribution in [-0.2, 0) is 24.2 Å². The lowest BCUT2D eigenvalue weighted by molar-refractivity contribution is -0.117. The minimum absolute atomic E-state index is 0.0240. The molecule has 1 saturated heterocycles. The van der Waals surface area contributed by atoms with Crippen molar-refractivity contribution < 1.29 is 14.3 Å². The molecule has 31 heavy (non-hydrogen) atoms. The summed E-state index contributed by atoms with van der Waals surface area (Å²) in [5.41, 5.74) is 4.26. The second kappa shape index (κ2) is 9.90. The van der Waals surface area contributed by atoms with Crippen molar-refractivity contribution in [2.75, 3.05) is 44.8 Å². The van der Waals surface area contributed by atoms with Crippen LogP contribution in [0.1, 0.15) is 30.5 Å². The standard InChI is InChI=1S/C24H30ClN3O3/c1-3-18-6-7-20(25)19(4-2)24(18)26-23(29)15-28-11-9-27(10-12-28)14-17-5-8-21-22(13-17)31-16-30-21/h5-8,13H,3-4,9-12,14-16H2,1-2H3,(H,26,29). The highest BCUT2D eigenvalue weighted by atomic mass is 35.5. The Bertz CT molecular complexity index is 942. The Labute approximate surface area is 189 Å². The van der Waals surface area contributed by atoms with Crippen molar-refractivity contribution >= 4 is 23.2 Å². The molecule has 1 N–H and O–H groups in total. The van der Waals surface area contributed by atoms with Crippen molar-refractivity contribution in [3.63, 3.8) is 0 Å². The van der Waals surface area contributed by atoms with Gasteiger partial charge in [0.25, 0.3) is 0 Å². The van der Waals surface area contributed by atoms with Gasteiger partial charge in [0.1, 0.15) is 0 Å². The molecule has 1 amide bonds. The number of carbonyl (C=O) groups excluding carboxylic acids is 1. The van der Waals surface area contributed by atoms with Gasteiger partial charge in [-0.25, -0.2) is 0 Å². The smallest absolute Gasteiger partial charge is 0.238 e. The molecule has 1 fully saturated rings. The van der Waals surface area contributed by atoms with Gasteiger partial charge in [-0.05, 0) is 47.7 Å². The van der Waals surface area contributed by atoms with Crippen LogP contribution in [0.2, 0.25) is 5.02 Å². The fourth-order valence-corrected chi connectivity index (χ4v) is 4.54. The van der Waals surface area contributed by atoms with Gasteiger partial charge < -0.3 is 14.8 Å². The van der Waals surface area contributed by atoms with Gasteiger partial charge in [-0.3, -0.25) is 14.6 Å². The van der Waals surface area contributed by atoms with Crippen molar-refractivity contribution in [2.45, 2.75) is 33.2 Å². The van der Waals surface area contributed by atoms with Crippen LogP contribution in [0.3, 0.4) is 0 Å². The van der Waals surface area contributed by atoms with Gasteiger partial charge >= 0.3 is 0 Å². The van der Waals surface area contributed by atoms with Gasteiger partial charge in [-0.2, -0.15) is 0 Å². The Morgan fingerprint density at radius 3 is 2.48 bits per heavy atom.